The molecule has 2 aliphatic heterocycles. The Kier molecular flexibility index (Phi) is 5.60. The van der Waals surface area contributed by atoms with Gasteiger partial charge in [0.15, 0.2) is 5.78 Å². The maximum Gasteiger partial charge on any atom is 0.223 e. The summed E-state index contributed by atoms with van der Waals surface area (Å²) in [4.78, 5) is 26.5. The van der Waals surface area contributed by atoms with Crippen molar-refractivity contribution in [3.63, 3.8) is 0 Å². The second-order valence-electron chi connectivity index (χ2n) is 6.37. The minimum absolute atomic E-state index is 0.00574. The monoisotopic (exact) mass is 332 g/mol. The van der Waals surface area contributed by atoms with Crippen LogP contribution in [0.3, 0.4) is 0 Å². The molecule has 2 fully saturated rings. The van der Waals surface area contributed by atoms with Gasteiger partial charge >= 0.3 is 0 Å². The van der Waals surface area contributed by atoms with Crippen LogP contribution in [0.2, 0.25) is 0 Å². The quantitative estimate of drug-likeness (QED) is 0.829. The van der Waals surface area contributed by atoms with E-state index in [1.54, 1.807) is 17.0 Å². The van der Waals surface area contributed by atoms with Crippen molar-refractivity contribution >= 4 is 11.7 Å². The van der Waals surface area contributed by atoms with Gasteiger partial charge in [-0.25, -0.2) is 0 Å². The number of amides is 1. The maximum atomic E-state index is 12.5. The number of ketones is 1. The van der Waals surface area contributed by atoms with Gasteiger partial charge in [-0.05, 0) is 0 Å². The lowest BCUT2D eigenvalue weighted by Gasteiger charge is -2.41. The maximum absolute atomic E-state index is 12.5. The van der Waals surface area contributed by atoms with Crippen LogP contribution in [0.5, 0.6) is 0 Å². The lowest BCUT2D eigenvalue weighted by Crippen LogP contribution is -2.59. The molecule has 1 aromatic carbocycles. The fourth-order valence-electron chi connectivity index (χ4n) is 3.17. The minimum Gasteiger partial charge on any atom is -0.377 e. The normalized spacial score (nSPS) is 24.6. The predicted octanol–water partition coefficient (Wildman–Crippen LogP) is 0.867. The predicted molar refractivity (Wildman–Crippen MR) is 89.0 cm³/mol. The van der Waals surface area contributed by atoms with Gasteiger partial charge in [-0.15, -0.1) is 0 Å². The number of hydrogen-bond donors (Lipinski definition) is 1. The summed E-state index contributed by atoms with van der Waals surface area (Å²) in [5, 5.41) is 3.30. The third kappa shape index (κ3) is 4.20. The van der Waals surface area contributed by atoms with Crippen molar-refractivity contribution < 1.29 is 19.1 Å². The Morgan fingerprint density at radius 1 is 1.17 bits per heavy atom. The summed E-state index contributed by atoms with van der Waals surface area (Å²) in [6.45, 7) is 4.21. The van der Waals surface area contributed by atoms with Crippen LogP contribution < -0.4 is 5.32 Å². The Labute approximate surface area is 142 Å². The van der Waals surface area contributed by atoms with Gasteiger partial charge in [-0.3, -0.25) is 9.59 Å². The standard InChI is InChI=1S/C18H24N2O4/c21-16(15-4-2-1-3-5-15)6-7-17(22)20-9-11-24-18(13-20)12-19-8-10-23-14-18/h1-5,19H,6-14H2/t18-/m0/s1. The minimum atomic E-state index is -0.464. The number of benzene rings is 1. The van der Waals surface area contributed by atoms with Crippen molar-refractivity contribution in [1.82, 2.24) is 10.2 Å². The molecule has 24 heavy (non-hydrogen) atoms. The molecule has 1 spiro atoms. The average molecular weight is 332 g/mol. The Morgan fingerprint density at radius 3 is 2.83 bits per heavy atom. The van der Waals surface area contributed by atoms with Gasteiger partial charge in [-0.1, -0.05) is 30.3 Å². The SMILES string of the molecule is O=C(CCC(=O)N1CCO[C@@]2(CNCCOC2)C1)c1ccccc1. The zero-order valence-electron chi connectivity index (χ0n) is 13.8. The van der Waals surface area contributed by atoms with Gasteiger partial charge in [0.05, 0.1) is 26.4 Å². The van der Waals surface area contributed by atoms with E-state index in [1.165, 1.54) is 0 Å². The van der Waals surface area contributed by atoms with E-state index in [4.69, 9.17) is 9.47 Å². The van der Waals surface area contributed by atoms with Gasteiger partial charge in [0.25, 0.3) is 0 Å². The molecule has 0 aromatic heterocycles. The first kappa shape index (κ1) is 17.1. The van der Waals surface area contributed by atoms with Crippen LogP contribution in [0, 0.1) is 0 Å². The molecule has 0 unspecified atom stereocenters. The van der Waals surface area contributed by atoms with E-state index in [0.717, 1.165) is 6.54 Å². The van der Waals surface area contributed by atoms with E-state index in [0.29, 0.717) is 45.0 Å². The van der Waals surface area contributed by atoms with Crippen LogP contribution in [-0.4, -0.2) is 68.2 Å². The number of carbonyl (C=O) groups excluding carboxylic acids is 2. The number of carbonyl (C=O) groups is 2. The van der Waals surface area contributed by atoms with E-state index in [2.05, 4.69) is 5.32 Å². The first-order valence-corrected chi connectivity index (χ1v) is 8.47. The molecule has 130 valence electrons. The smallest absolute Gasteiger partial charge is 0.223 e. The Balaban J connectivity index is 1.54. The number of nitrogens with one attached hydrogen (secondary N) is 1. The third-order valence-corrected chi connectivity index (χ3v) is 4.50. The van der Waals surface area contributed by atoms with Crippen molar-refractivity contribution in [1.29, 1.82) is 0 Å². The second-order valence-corrected chi connectivity index (χ2v) is 6.37. The molecule has 0 bridgehead atoms. The van der Waals surface area contributed by atoms with Crippen molar-refractivity contribution in [2.24, 2.45) is 0 Å². The Bertz CT molecular complexity index is 568. The number of rotatable bonds is 4. The first-order valence-electron chi connectivity index (χ1n) is 8.47. The zero-order valence-corrected chi connectivity index (χ0v) is 13.8. The highest BCUT2D eigenvalue weighted by Crippen LogP contribution is 2.20. The molecule has 1 atom stereocenters. The molecule has 0 aliphatic carbocycles. The molecule has 1 N–H and O–H groups in total. The van der Waals surface area contributed by atoms with Crippen LogP contribution in [0.15, 0.2) is 30.3 Å². The van der Waals surface area contributed by atoms with Crippen LogP contribution in [0.4, 0.5) is 0 Å². The van der Waals surface area contributed by atoms with Crippen LogP contribution in [-0.2, 0) is 14.3 Å². The molecular formula is C18H24N2O4. The number of nitrogens with zero attached hydrogens (tertiary/aromatic N) is 1. The van der Waals surface area contributed by atoms with Crippen LogP contribution in [0.25, 0.3) is 0 Å². The zero-order chi connectivity index (χ0) is 16.8. The highest BCUT2D eigenvalue weighted by Gasteiger charge is 2.39. The number of ether oxygens (including phenoxy) is 2. The molecule has 1 amide bonds. The largest absolute Gasteiger partial charge is 0.377 e. The fraction of sp³-hybridized carbons (Fsp3) is 0.556. The molecule has 0 saturated carbocycles. The Hall–Kier alpha value is -1.76. The molecule has 2 aliphatic rings. The molecule has 6 nitrogen and oxygen atoms in total. The van der Waals surface area contributed by atoms with Crippen LogP contribution in [0.1, 0.15) is 23.2 Å². The number of hydrogen-bond acceptors (Lipinski definition) is 5. The molecule has 1 aromatic rings. The summed E-state index contributed by atoms with van der Waals surface area (Å²) in [6.07, 6.45) is 0.472. The highest BCUT2D eigenvalue weighted by atomic mass is 16.5. The van der Waals surface area contributed by atoms with Gasteiger partial charge < -0.3 is 19.7 Å². The van der Waals surface area contributed by atoms with Gasteiger partial charge in [-0.2, -0.15) is 0 Å². The van der Waals surface area contributed by atoms with Crippen molar-refractivity contribution in [2.75, 3.05) is 46.0 Å². The van der Waals surface area contributed by atoms with E-state index >= 15 is 0 Å². The lowest BCUT2D eigenvalue weighted by molar-refractivity contribution is -0.158. The summed E-state index contributed by atoms with van der Waals surface area (Å²) in [7, 11) is 0. The van der Waals surface area contributed by atoms with Crippen molar-refractivity contribution in [3.05, 3.63) is 35.9 Å². The fourth-order valence-corrected chi connectivity index (χ4v) is 3.17. The second kappa shape index (κ2) is 7.88. The van der Waals surface area contributed by atoms with E-state index in [-0.39, 0.29) is 24.5 Å². The van der Waals surface area contributed by atoms with Gasteiger partial charge in [0.2, 0.25) is 5.91 Å². The molecule has 2 saturated heterocycles. The molecular weight excluding hydrogens is 308 g/mol. The molecule has 0 radical (unpaired) electrons. The molecule has 2 heterocycles. The molecule has 6 heteroatoms. The van der Waals surface area contributed by atoms with Crippen LogP contribution >= 0.6 is 0 Å². The van der Waals surface area contributed by atoms with Gasteiger partial charge in [0.1, 0.15) is 5.60 Å². The first-order chi connectivity index (χ1) is 11.7. The summed E-state index contributed by atoms with van der Waals surface area (Å²) in [6, 6.07) is 9.10. The number of morpholine rings is 1. The summed E-state index contributed by atoms with van der Waals surface area (Å²) >= 11 is 0. The van der Waals surface area contributed by atoms with Gasteiger partial charge in [0, 0.05) is 38.0 Å². The lowest BCUT2D eigenvalue weighted by atomic mass is 10.0. The molecule has 3 rings (SSSR count). The summed E-state index contributed by atoms with van der Waals surface area (Å²) in [5.74, 6) is 0.0117. The number of Topliss-reactive ketones (excluding diaryl/α,β-unsaturated/α-hetero) is 1. The van der Waals surface area contributed by atoms with E-state index in [9.17, 15) is 9.59 Å². The topological polar surface area (TPSA) is 67.9 Å². The van der Waals surface area contributed by atoms with E-state index in [1.807, 2.05) is 18.2 Å². The van der Waals surface area contributed by atoms with Crippen molar-refractivity contribution in [3.8, 4) is 0 Å². The average Bonchev–Trinajstić information content (AvgIpc) is 2.85. The van der Waals surface area contributed by atoms with Crippen molar-refractivity contribution in [2.45, 2.75) is 18.4 Å². The summed E-state index contributed by atoms with van der Waals surface area (Å²) < 4.78 is 11.5. The third-order valence-electron chi connectivity index (χ3n) is 4.50. The summed E-state index contributed by atoms with van der Waals surface area (Å²) in [5.41, 5.74) is 0.193. The van der Waals surface area contributed by atoms with E-state index < -0.39 is 5.60 Å². The Morgan fingerprint density at radius 2 is 2.00 bits per heavy atom. The highest BCUT2D eigenvalue weighted by molar-refractivity contribution is 5.97.